The molecule has 1 aliphatic carbocycles. The molecule has 1 aromatic carbocycles. The van der Waals surface area contributed by atoms with Crippen LogP contribution in [0.5, 0.6) is 5.75 Å². The summed E-state index contributed by atoms with van der Waals surface area (Å²) in [5.41, 5.74) is 0.539. The van der Waals surface area contributed by atoms with Crippen LogP contribution in [0.4, 0.5) is 13.2 Å². The Morgan fingerprint density at radius 1 is 1.33 bits per heavy atom. The number of esters is 1. The summed E-state index contributed by atoms with van der Waals surface area (Å²) in [6.45, 7) is 0.681. The lowest BCUT2D eigenvalue weighted by Crippen LogP contribution is -2.31. The minimum atomic E-state index is -4.73. The van der Waals surface area contributed by atoms with Crippen molar-refractivity contribution in [3.63, 3.8) is 0 Å². The van der Waals surface area contributed by atoms with E-state index in [1.165, 1.54) is 31.4 Å². The van der Waals surface area contributed by atoms with Gasteiger partial charge < -0.3 is 14.8 Å². The first-order valence-electron chi connectivity index (χ1n) is 6.56. The first-order chi connectivity index (χ1) is 9.89. The van der Waals surface area contributed by atoms with Gasteiger partial charge in [-0.15, -0.1) is 13.2 Å². The van der Waals surface area contributed by atoms with Gasteiger partial charge in [-0.3, -0.25) is 0 Å². The van der Waals surface area contributed by atoms with Crippen molar-refractivity contribution >= 4 is 5.97 Å². The maximum atomic E-state index is 12.1. The molecule has 0 amide bonds. The first-order valence-corrected chi connectivity index (χ1v) is 6.56. The van der Waals surface area contributed by atoms with Crippen molar-refractivity contribution in [1.82, 2.24) is 5.32 Å². The van der Waals surface area contributed by atoms with Gasteiger partial charge in [0.2, 0.25) is 0 Å². The van der Waals surface area contributed by atoms with E-state index in [-0.39, 0.29) is 5.75 Å². The molecule has 2 rings (SSSR count). The number of methoxy groups -OCH3 is 1. The fraction of sp³-hybridized carbons (Fsp3) is 0.500. The number of carbonyl (C=O) groups is 1. The molecular formula is C14H16F3NO3. The smallest absolute Gasteiger partial charge is 0.468 e. The van der Waals surface area contributed by atoms with E-state index in [0.717, 1.165) is 12.8 Å². The fourth-order valence-corrected chi connectivity index (χ4v) is 1.92. The number of hydrogen-bond acceptors (Lipinski definition) is 4. The van der Waals surface area contributed by atoms with Crippen LogP contribution in [-0.2, 0) is 9.53 Å². The Labute approximate surface area is 120 Å². The molecular weight excluding hydrogens is 287 g/mol. The summed E-state index contributed by atoms with van der Waals surface area (Å²) in [5, 5.41) is 3.08. The van der Waals surface area contributed by atoms with Gasteiger partial charge in [0.05, 0.1) is 7.11 Å². The molecule has 0 heterocycles. The maximum Gasteiger partial charge on any atom is 0.573 e. The topological polar surface area (TPSA) is 47.6 Å². The van der Waals surface area contributed by atoms with Gasteiger partial charge in [0.15, 0.2) is 0 Å². The van der Waals surface area contributed by atoms with Crippen molar-refractivity contribution in [1.29, 1.82) is 0 Å². The van der Waals surface area contributed by atoms with Crippen molar-refractivity contribution < 1.29 is 27.4 Å². The third kappa shape index (κ3) is 4.93. The van der Waals surface area contributed by atoms with Crippen LogP contribution in [-0.4, -0.2) is 26.0 Å². The summed E-state index contributed by atoms with van der Waals surface area (Å²) in [4.78, 5) is 11.8. The molecule has 0 radical (unpaired) electrons. The number of nitrogens with one attached hydrogen (secondary N) is 1. The average Bonchev–Trinajstić information content (AvgIpc) is 3.22. The Hall–Kier alpha value is -1.76. The summed E-state index contributed by atoms with van der Waals surface area (Å²) in [7, 11) is 1.27. The van der Waals surface area contributed by atoms with Crippen molar-refractivity contribution in [3.8, 4) is 5.75 Å². The van der Waals surface area contributed by atoms with E-state index in [1.54, 1.807) is 0 Å². The summed E-state index contributed by atoms with van der Waals surface area (Å²) < 4.78 is 44.8. The zero-order valence-corrected chi connectivity index (χ0v) is 11.4. The Balaban J connectivity index is 2.05. The van der Waals surface area contributed by atoms with Crippen LogP contribution in [0, 0.1) is 5.92 Å². The number of hydrogen-bond donors (Lipinski definition) is 1. The molecule has 1 aliphatic rings. The largest absolute Gasteiger partial charge is 0.573 e. The lowest BCUT2D eigenvalue weighted by Gasteiger charge is -2.17. The van der Waals surface area contributed by atoms with Crippen LogP contribution in [0.2, 0.25) is 0 Å². The van der Waals surface area contributed by atoms with Crippen molar-refractivity contribution in [2.24, 2.45) is 5.92 Å². The molecule has 0 aromatic heterocycles. The molecule has 21 heavy (non-hydrogen) atoms. The van der Waals surface area contributed by atoms with E-state index in [4.69, 9.17) is 4.74 Å². The predicted octanol–water partition coefficient (Wildman–Crippen LogP) is 2.80. The normalized spacial score (nSPS) is 16.4. The second kappa shape index (κ2) is 6.34. The summed E-state index contributed by atoms with van der Waals surface area (Å²) >= 11 is 0. The lowest BCUT2D eigenvalue weighted by molar-refractivity contribution is -0.274. The molecule has 7 heteroatoms. The Morgan fingerprint density at radius 3 is 2.43 bits per heavy atom. The highest BCUT2D eigenvalue weighted by atomic mass is 19.4. The van der Waals surface area contributed by atoms with Crippen LogP contribution < -0.4 is 10.1 Å². The van der Waals surface area contributed by atoms with Gasteiger partial charge in [0, 0.05) is 0 Å². The molecule has 1 fully saturated rings. The van der Waals surface area contributed by atoms with E-state index < -0.39 is 18.4 Å². The maximum absolute atomic E-state index is 12.1. The summed E-state index contributed by atoms with van der Waals surface area (Å²) in [6.07, 6.45) is -2.48. The Kier molecular flexibility index (Phi) is 4.72. The van der Waals surface area contributed by atoms with E-state index >= 15 is 0 Å². The molecule has 0 spiro atoms. The van der Waals surface area contributed by atoms with Crippen molar-refractivity contribution in [3.05, 3.63) is 29.8 Å². The van der Waals surface area contributed by atoms with Crippen molar-refractivity contribution in [2.75, 3.05) is 13.7 Å². The van der Waals surface area contributed by atoms with Crippen LogP contribution in [0.15, 0.2) is 24.3 Å². The molecule has 1 N–H and O–H groups in total. The fourth-order valence-electron chi connectivity index (χ4n) is 1.92. The molecule has 1 saturated carbocycles. The zero-order valence-electron chi connectivity index (χ0n) is 11.4. The van der Waals surface area contributed by atoms with Gasteiger partial charge in [-0.25, -0.2) is 4.79 Å². The third-order valence-electron chi connectivity index (χ3n) is 3.19. The van der Waals surface area contributed by atoms with Gasteiger partial charge in [-0.2, -0.15) is 0 Å². The lowest BCUT2D eigenvalue weighted by atomic mass is 10.1. The van der Waals surface area contributed by atoms with E-state index in [9.17, 15) is 18.0 Å². The van der Waals surface area contributed by atoms with Crippen molar-refractivity contribution in [2.45, 2.75) is 25.2 Å². The SMILES string of the molecule is COC(=O)C(NCC1CC1)c1ccc(OC(F)(F)F)cc1. The van der Waals surface area contributed by atoms with Gasteiger partial charge in [0.1, 0.15) is 11.8 Å². The van der Waals surface area contributed by atoms with Gasteiger partial charge in [-0.05, 0) is 43.0 Å². The number of alkyl halides is 3. The molecule has 4 nitrogen and oxygen atoms in total. The molecule has 0 bridgehead atoms. The monoisotopic (exact) mass is 303 g/mol. The number of carbonyl (C=O) groups excluding carboxylic acids is 1. The quantitative estimate of drug-likeness (QED) is 0.821. The highest BCUT2D eigenvalue weighted by molar-refractivity contribution is 5.77. The molecule has 0 saturated heterocycles. The third-order valence-corrected chi connectivity index (χ3v) is 3.19. The molecule has 1 atom stereocenters. The second-order valence-corrected chi connectivity index (χ2v) is 4.92. The number of benzene rings is 1. The standard InChI is InChI=1S/C14H16F3NO3/c1-20-13(19)12(18-8-9-2-3-9)10-4-6-11(7-5-10)21-14(15,16)17/h4-7,9,12,18H,2-3,8H2,1H3. The minimum Gasteiger partial charge on any atom is -0.468 e. The molecule has 116 valence electrons. The van der Waals surface area contributed by atoms with E-state index in [2.05, 4.69) is 10.1 Å². The number of ether oxygens (including phenoxy) is 2. The second-order valence-electron chi connectivity index (χ2n) is 4.92. The van der Waals surface area contributed by atoms with Gasteiger partial charge in [0.25, 0.3) is 0 Å². The Bertz CT molecular complexity index is 483. The van der Waals surface area contributed by atoms with E-state index in [0.29, 0.717) is 18.0 Å². The zero-order chi connectivity index (χ0) is 15.5. The summed E-state index contributed by atoms with van der Waals surface area (Å²) in [5.74, 6) is -0.234. The Morgan fingerprint density at radius 2 is 1.95 bits per heavy atom. The number of halogens is 3. The van der Waals surface area contributed by atoms with Crippen LogP contribution >= 0.6 is 0 Å². The molecule has 0 aliphatic heterocycles. The highest BCUT2D eigenvalue weighted by Crippen LogP contribution is 2.29. The predicted molar refractivity (Wildman–Crippen MR) is 68.6 cm³/mol. The van der Waals surface area contributed by atoms with Crippen LogP contribution in [0.3, 0.4) is 0 Å². The van der Waals surface area contributed by atoms with Crippen LogP contribution in [0.25, 0.3) is 0 Å². The summed E-state index contributed by atoms with van der Waals surface area (Å²) in [6, 6.07) is 4.51. The molecule has 1 unspecified atom stereocenters. The molecule has 1 aromatic rings. The number of rotatable bonds is 6. The van der Waals surface area contributed by atoms with Gasteiger partial charge >= 0.3 is 12.3 Å². The minimum absolute atomic E-state index is 0.322. The highest BCUT2D eigenvalue weighted by Gasteiger charge is 2.31. The first kappa shape index (κ1) is 15.6. The van der Waals surface area contributed by atoms with Gasteiger partial charge in [-0.1, -0.05) is 12.1 Å². The van der Waals surface area contributed by atoms with Crippen LogP contribution in [0.1, 0.15) is 24.4 Å². The van der Waals surface area contributed by atoms with E-state index in [1.807, 2.05) is 0 Å². The average molecular weight is 303 g/mol.